The lowest BCUT2D eigenvalue weighted by atomic mass is 10.1. The molecule has 12 heteroatoms. The zero-order valence-corrected chi connectivity index (χ0v) is 24.0. The van der Waals surface area contributed by atoms with E-state index in [1.165, 1.54) is 0 Å². The van der Waals surface area contributed by atoms with E-state index in [-0.39, 0.29) is 51.0 Å². The van der Waals surface area contributed by atoms with E-state index >= 15 is 0 Å². The number of anilines is 1. The lowest BCUT2D eigenvalue weighted by Gasteiger charge is -2.31. The summed E-state index contributed by atoms with van der Waals surface area (Å²) in [5.41, 5.74) is 1.31. The molecule has 0 aliphatic carbocycles. The minimum atomic E-state index is -3.94. The Morgan fingerprint density at radius 3 is 1.62 bits per heavy atom. The van der Waals surface area contributed by atoms with Crippen LogP contribution >= 0.6 is 26.8 Å². The summed E-state index contributed by atoms with van der Waals surface area (Å²) in [6, 6.07) is 12.8. The largest absolute Gasteiger partial charge is 0.345 e. The van der Waals surface area contributed by atoms with Crippen molar-refractivity contribution < 1.29 is 36.8 Å². The fourth-order valence-corrected chi connectivity index (χ4v) is 9.06. The Bertz CT molecular complexity index is 1070. The molecule has 0 bridgehead atoms. The van der Waals surface area contributed by atoms with Crippen LogP contribution in [-0.4, -0.2) is 43.5 Å². The first-order chi connectivity index (χ1) is 17.6. The van der Waals surface area contributed by atoms with Gasteiger partial charge >= 0.3 is 15.2 Å². The predicted molar refractivity (Wildman–Crippen MR) is 145 cm³/mol. The highest BCUT2D eigenvalue weighted by molar-refractivity contribution is 7.72. The van der Waals surface area contributed by atoms with Crippen molar-refractivity contribution in [1.82, 2.24) is 0 Å². The highest BCUT2D eigenvalue weighted by Gasteiger charge is 2.50. The number of halogens is 1. The molecule has 0 unspecified atom stereocenters. The number of rotatable bonds is 16. The van der Waals surface area contributed by atoms with Crippen molar-refractivity contribution in [3.63, 3.8) is 0 Å². The molecule has 2 aromatic carbocycles. The second-order valence-corrected chi connectivity index (χ2v) is 13.0. The van der Waals surface area contributed by atoms with E-state index in [4.69, 9.17) is 29.7 Å². The van der Waals surface area contributed by atoms with E-state index in [9.17, 15) is 18.7 Å². The number of benzene rings is 2. The van der Waals surface area contributed by atoms with Crippen molar-refractivity contribution in [3.8, 4) is 0 Å². The van der Waals surface area contributed by atoms with Gasteiger partial charge in [-0.15, -0.1) is 0 Å². The number of hydrogen-bond acceptors (Lipinski definition) is 8. The standard InChI is InChI=1S/C25H34ClNO8P2/c1-5-32-36(30,33-6-2)24(37(31,34-7-3)35-8-4)18-17-23(28)19-11-15-22(16-12-19)27-25(29)20-9-13-21(26)14-10-20/h9-16,24H,5-8,17-18H2,1-4H3,(H,27,29). The highest BCUT2D eigenvalue weighted by atomic mass is 35.5. The molecule has 0 fully saturated rings. The van der Waals surface area contributed by atoms with Crippen LogP contribution in [-0.2, 0) is 27.2 Å². The molecule has 0 aromatic heterocycles. The van der Waals surface area contributed by atoms with Crippen LogP contribution in [0.1, 0.15) is 61.3 Å². The molecule has 0 aliphatic rings. The van der Waals surface area contributed by atoms with Crippen molar-refractivity contribution >= 4 is 44.2 Å². The summed E-state index contributed by atoms with van der Waals surface area (Å²) in [5, 5.41) is 2.02. The predicted octanol–water partition coefficient (Wildman–Crippen LogP) is 7.41. The molecular weight excluding hydrogens is 540 g/mol. The lowest BCUT2D eigenvalue weighted by Crippen LogP contribution is -2.19. The molecule has 0 atom stereocenters. The molecule has 0 saturated heterocycles. The fraction of sp³-hybridized carbons (Fsp3) is 0.440. The molecule has 0 heterocycles. The Hall–Kier alpha value is -1.83. The number of hydrogen-bond donors (Lipinski definition) is 1. The summed E-state index contributed by atoms with van der Waals surface area (Å²) in [6.07, 6.45) is -0.197. The highest BCUT2D eigenvalue weighted by Crippen LogP contribution is 2.71. The van der Waals surface area contributed by atoms with Gasteiger partial charge in [-0.3, -0.25) is 18.7 Å². The molecule has 2 aromatic rings. The van der Waals surface area contributed by atoms with E-state index in [0.717, 1.165) is 0 Å². The molecule has 1 N–H and O–H groups in total. The maximum Gasteiger partial charge on any atom is 0.345 e. The SMILES string of the molecule is CCOP(=O)(OCC)C(CCC(=O)c1ccc(NC(=O)c2ccc(Cl)cc2)cc1)P(=O)(OCC)OCC. The van der Waals surface area contributed by atoms with E-state index in [1.807, 2.05) is 0 Å². The summed E-state index contributed by atoms with van der Waals surface area (Å²) in [5.74, 6) is -0.594. The number of nitrogens with one attached hydrogen (secondary N) is 1. The molecular formula is C25H34ClNO8P2. The van der Waals surface area contributed by atoms with Crippen LogP contribution < -0.4 is 5.32 Å². The van der Waals surface area contributed by atoms with Gasteiger partial charge in [0.2, 0.25) is 0 Å². The third-order valence-corrected chi connectivity index (χ3v) is 11.6. The summed E-state index contributed by atoms with van der Waals surface area (Å²) in [7, 11) is -7.87. The van der Waals surface area contributed by atoms with Gasteiger partial charge in [0.15, 0.2) is 11.2 Å². The van der Waals surface area contributed by atoms with E-state index < -0.39 is 20.6 Å². The monoisotopic (exact) mass is 573 g/mol. The second kappa shape index (κ2) is 14.9. The van der Waals surface area contributed by atoms with Crippen molar-refractivity contribution in [3.05, 3.63) is 64.7 Å². The van der Waals surface area contributed by atoms with Crippen LogP contribution in [0.25, 0.3) is 0 Å². The fourth-order valence-electron chi connectivity index (χ4n) is 3.58. The third-order valence-electron chi connectivity index (χ3n) is 5.17. The Kier molecular flexibility index (Phi) is 12.7. The van der Waals surface area contributed by atoms with Gasteiger partial charge in [-0.05, 0) is 82.6 Å². The van der Waals surface area contributed by atoms with Crippen LogP contribution in [0.3, 0.4) is 0 Å². The molecule has 0 saturated carbocycles. The first kappa shape index (κ1) is 31.4. The molecule has 1 amide bonds. The van der Waals surface area contributed by atoms with Gasteiger partial charge in [0.1, 0.15) is 0 Å². The van der Waals surface area contributed by atoms with Crippen LogP contribution in [0, 0.1) is 0 Å². The Labute approximate surface area is 223 Å². The van der Waals surface area contributed by atoms with Crippen LogP contribution in [0.2, 0.25) is 5.02 Å². The molecule has 0 radical (unpaired) electrons. The zero-order valence-electron chi connectivity index (χ0n) is 21.5. The first-order valence-electron chi connectivity index (χ1n) is 12.1. The number of ketones is 1. The van der Waals surface area contributed by atoms with Crippen molar-refractivity contribution in [2.45, 2.75) is 45.9 Å². The summed E-state index contributed by atoms with van der Waals surface area (Å²) in [6.45, 7) is 6.82. The van der Waals surface area contributed by atoms with Gasteiger partial charge in [0, 0.05) is 28.3 Å². The van der Waals surface area contributed by atoms with E-state index in [0.29, 0.717) is 21.8 Å². The van der Waals surface area contributed by atoms with Gasteiger partial charge in [-0.1, -0.05) is 11.6 Å². The summed E-state index contributed by atoms with van der Waals surface area (Å²) >= 11 is 5.86. The maximum atomic E-state index is 13.6. The Morgan fingerprint density at radius 1 is 0.757 bits per heavy atom. The Morgan fingerprint density at radius 2 is 1.19 bits per heavy atom. The molecule has 2 rings (SSSR count). The van der Waals surface area contributed by atoms with Crippen LogP contribution in [0.5, 0.6) is 0 Å². The molecule has 9 nitrogen and oxygen atoms in total. The van der Waals surface area contributed by atoms with Crippen LogP contribution in [0.4, 0.5) is 5.69 Å². The van der Waals surface area contributed by atoms with E-state index in [2.05, 4.69) is 5.32 Å². The first-order valence-corrected chi connectivity index (χ1v) is 15.7. The Balaban J connectivity index is 2.17. The van der Waals surface area contributed by atoms with Gasteiger partial charge in [0.25, 0.3) is 5.91 Å². The second-order valence-electron chi connectivity index (χ2n) is 7.73. The average Bonchev–Trinajstić information content (AvgIpc) is 2.85. The summed E-state index contributed by atoms with van der Waals surface area (Å²) < 4.78 is 49.0. The maximum absolute atomic E-state index is 13.6. The number of Topliss-reactive ketones (excluding diaryl/α,β-unsaturated/α-hetero) is 1. The van der Waals surface area contributed by atoms with Gasteiger partial charge in [-0.25, -0.2) is 0 Å². The molecule has 204 valence electrons. The van der Waals surface area contributed by atoms with Crippen molar-refractivity contribution in [1.29, 1.82) is 0 Å². The van der Waals surface area contributed by atoms with Gasteiger partial charge in [0.05, 0.1) is 26.4 Å². The van der Waals surface area contributed by atoms with Gasteiger partial charge in [-0.2, -0.15) is 0 Å². The molecule has 0 spiro atoms. The average molecular weight is 574 g/mol. The van der Waals surface area contributed by atoms with E-state index in [1.54, 1.807) is 76.2 Å². The number of carbonyl (C=O) groups is 2. The normalized spacial score (nSPS) is 12.1. The topological polar surface area (TPSA) is 117 Å². The lowest BCUT2D eigenvalue weighted by molar-refractivity contribution is 0.0978. The minimum absolute atomic E-state index is 0.0587. The van der Waals surface area contributed by atoms with Gasteiger partial charge < -0.3 is 23.4 Å². The van der Waals surface area contributed by atoms with Crippen LogP contribution in [0.15, 0.2) is 48.5 Å². The smallest absolute Gasteiger partial charge is 0.322 e. The number of carbonyl (C=O) groups excluding carboxylic acids is 2. The molecule has 37 heavy (non-hydrogen) atoms. The quantitative estimate of drug-likeness (QED) is 0.163. The van der Waals surface area contributed by atoms with Crippen molar-refractivity contribution in [2.75, 3.05) is 31.7 Å². The minimum Gasteiger partial charge on any atom is -0.322 e. The number of amides is 1. The third kappa shape index (κ3) is 8.86. The zero-order chi connectivity index (χ0) is 27.5. The molecule has 0 aliphatic heterocycles. The summed E-state index contributed by atoms with van der Waals surface area (Å²) in [4.78, 5) is 25.4. The van der Waals surface area contributed by atoms with Crippen molar-refractivity contribution in [2.24, 2.45) is 0 Å².